The first-order valence-electron chi connectivity index (χ1n) is 4.98. The molecule has 86 valence electrons. The molecule has 1 fully saturated rings. The van der Waals surface area contributed by atoms with Gasteiger partial charge < -0.3 is 10.4 Å². The van der Waals surface area contributed by atoms with Gasteiger partial charge in [-0.2, -0.15) is 0 Å². The van der Waals surface area contributed by atoms with Crippen LogP contribution in [-0.4, -0.2) is 53.7 Å². The molecule has 0 aromatic carbocycles. The Kier molecular flexibility index (Phi) is 4.05. The van der Waals surface area contributed by atoms with Crippen molar-refractivity contribution in [3.05, 3.63) is 0 Å². The SMILES string of the molecule is CC(C)NC(=O)NC(=O)CN1CC(O)C1. The fourth-order valence-electron chi connectivity index (χ4n) is 1.34. The number of nitrogens with one attached hydrogen (secondary N) is 2. The van der Waals surface area contributed by atoms with E-state index < -0.39 is 6.03 Å². The number of carbonyl (C=O) groups is 2. The van der Waals surface area contributed by atoms with Crippen molar-refractivity contribution in [2.75, 3.05) is 19.6 Å². The second kappa shape index (κ2) is 5.09. The van der Waals surface area contributed by atoms with E-state index in [4.69, 9.17) is 5.11 Å². The normalized spacial score (nSPS) is 17.3. The molecule has 0 unspecified atom stereocenters. The highest BCUT2D eigenvalue weighted by Crippen LogP contribution is 2.05. The van der Waals surface area contributed by atoms with Gasteiger partial charge in [0.25, 0.3) is 0 Å². The Balaban J connectivity index is 2.15. The maximum absolute atomic E-state index is 11.2. The Bertz CT molecular complexity index is 249. The molecule has 6 nitrogen and oxygen atoms in total. The van der Waals surface area contributed by atoms with E-state index in [-0.39, 0.29) is 24.6 Å². The molecule has 1 rings (SSSR count). The van der Waals surface area contributed by atoms with Crippen molar-refractivity contribution < 1.29 is 14.7 Å². The van der Waals surface area contributed by atoms with Gasteiger partial charge in [-0.05, 0) is 13.8 Å². The summed E-state index contributed by atoms with van der Waals surface area (Å²) in [6.07, 6.45) is -0.331. The summed E-state index contributed by atoms with van der Waals surface area (Å²) in [6, 6.07) is -0.472. The third-order valence-corrected chi connectivity index (χ3v) is 1.98. The van der Waals surface area contributed by atoms with Gasteiger partial charge in [0, 0.05) is 19.1 Å². The number of rotatable bonds is 3. The van der Waals surface area contributed by atoms with Gasteiger partial charge in [0.15, 0.2) is 0 Å². The van der Waals surface area contributed by atoms with E-state index in [9.17, 15) is 9.59 Å². The molecule has 0 spiro atoms. The van der Waals surface area contributed by atoms with Crippen molar-refractivity contribution in [2.24, 2.45) is 0 Å². The Morgan fingerprint density at radius 2 is 2.07 bits per heavy atom. The highest BCUT2D eigenvalue weighted by atomic mass is 16.3. The molecule has 3 N–H and O–H groups in total. The summed E-state index contributed by atoms with van der Waals surface area (Å²) in [7, 11) is 0. The van der Waals surface area contributed by atoms with Crippen molar-refractivity contribution in [1.82, 2.24) is 15.5 Å². The third kappa shape index (κ3) is 4.26. The van der Waals surface area contributed by atoms with E-state index >= 15 is 0 Å². The first-order chi connectivity index (χ1) is 6.97. The number of hydrogen-bond acceptors (Lipinski definition) is 4. The fraction of sp³-hybridized carbons (Fsp3) is 0.778. The highest BCUT2D eigenvalue weighted by Gasteiger charge is 2.26. The van der Waals surface area contributed by atoms with E-state index in [1.54, 1.807) is 4.90 Å². The van der Waals surface area contributed by atoms with E-state index in [2.05, 4.69) is 10.6 Å². The number of hydrogen-bond donors (Lipinski definition) is 3. The van der Waals surface area contributed by atoms with E-state index in [0.29, 0.717) is 13.1 Å². The van der Waals surface area contributed by atoms with Gasteiger partial charge in [-0.1, -0.05) is 0 Å². The Labute approximate surface area is 88.6 Å². The van der Waals surface area contributed by atoms with Crippen molar-refractivity contribution in [1.29, 1.82) is 0 Å². The van der Waals surface area contributed by atoms with Crippen LogP contribution in [0, 0.1) is 0 Å². The van der Waals surface area contributed by atoms with Crippen LogP contribution in [0.25, 0.3) is 0 Å². The fourth-order valence-corrected chi connectivity index (χ4v) is 1.34. The quantitative estimate of drug-likeness (QED) is 0.558. The topological polar surface area (TPSA) is 81.7 Å². The van der Waals surface area contributed by atoms with Gasteiger partial charge in [0.05, 0.1) is 12.6 Å². The maximum atomic E-state index is 11.2. The number of aliphatic hydroxyl groups is 1. The van der Waals surface area contributed by atoms with Crippen LogP contribution in [0.5, 0.6) is 0 Å². The minimum Gasteiger partial charge on any atom is -0.390 e. The van der Waals surface area contributed by atoms with Crippen molar-refractivity contribution in [3.8, 4) is 0 Å². The highest BCUT2D eigenvalue weighted by molar-refractivity contribution is 5.95. The van der Waals surface area contributed by atoms with Gasteiger partial charge in [0.2, 0.25) is 5.91 Å². The summed E-state index contributed by atoms with van der Waals surface area (Å²) >= 11 is 0. The molecule has 0 saturated carbocycles. The summed E-state index contributed by atoms with van der Waals surface area (Å²) in [6.45, 7) is 4.78. The van der Waals surface area contributed by atoms with Gasteiger partial charge in [-0.15, -0.1) is 0 Å². The molecule has 1 aliphatic rings. The first-order valence-corrected chi connectivity index (χ1v) is 4.98. The summed E-state index contributed by atoms with van der Waals surface area (Å²) in [5.41, 5.74) is 0. The zero-order valence-corrected chi connectivity index (χ0v) is 8.99. The number of aliphatic hydroxyl groups excluding tert-OH is 1. The summed E-state index contributed by atoms with van der Waals surface area (Å²) in [5, 5.41) is 13.7. The molecule has 15 heavy (non-hydrogen) atoms. The lowest BCUT2D eigenvalue weighted by Crippen LogP contribution is -2.55. The molecule has 6 heteroatoms. The number of urea groups is 1. The third-order valence-electron chi connectivity index (χ3n) is 1.98. The second-order valence-corrected chi connectivity index (χ2v) is 4.02. The second-order valence-electron chi connectivity index (χ2n) is 4.02. The van der Waals surface area contributed by atoms with Crippen LogP contribution in [-0.2, 0) is 4.79 Å². The molecule has 0 radical (unpaired) electrons. The molecule has 0 atom stereocenters. The standard InChI is InChI=1S/C9H17N3O3/c1-6(2)10-9(15)11-8(14)5-12-3-7(13)4-12/h6-7,13H,3-5H2,1-2H3,(H2,10,11,14,15). The number of amides is 3. The van der Waals surface area contributed by atoms with Crippen LogP contribution in [0.1, 0.15) is 13.8 Å². The van der Waals surface area contributed by atoms with Crippen LogP contribution < -0.4 is 10.6 Å². The van der Waals surface area contributed by atoms with Crippen molar-refractivity contribution in [3.63, 3.8) is 0 Å². The Hall–Kier alpha value is -1.14. The molecule has 0 bridgehead atoms. The lowest BCUT2D eigenvalue weighted by atomic mass is 10.2. The molecular weight excluding hydrogens is 198 g/mol. The van der Waals surface area contributed by atoms with Gasteiger partial charge >= 0.3 is 6.03 Å². The zero-order chi connectivity index (χ0) is 11.4. The predicted molar refractivity (Wildman–Crippen MR) is 54.3 cm³/mol. The molecule has 0 aromatic heterocycles. The number of imide groups is 1. The monoisotopic (exact) mass is 215 g/mol. The number of β-amino-alcohol motifs (C(OH)–C–C–N with tert-alkyl or cyclic N) is 1. The summed E-state index contributed by atoms with van der Waals surface area (Å²) in [5.74, 6) is -0.347. The van der Waals surface area contributed by atoms with Gasteiger partial charge in [-0.25, -0.2) is 4.79 Å². The molecule has 0 aromatic rings. The average molecular weight is 215 g/mol. The lowest BCUT2D eigenvalue weighted by molar-refractivity contribution is -0.123. The van der Waals surface area contributed by atoms with Crippen LogP contribution >= 0.6 is 0 Å². The van der Waals surface area contributed by atoms with Crippen LogP contribution in [0.15, 0.2) is 0 Å². The molecule has 0 aliphatic carbocycles. The minimum absolute atomic E-state index is 0.00336. The average Bonchev–Trinajstić information content (AvgIpc) is 1.98. The largest absolute Gasteiger partial charge is 0.390 e. The van der Waals surface area contributed by atoms with Crippen LogP contribution in [0.3, 0.4) is 0 Å². The molecule has 3 amide bonds. The lowest BCUT2D eigenvalue weighted by Gasteiger charge is -2.34. The zero-order valence-electron chi connectivity index (χ0n) is 8.99. The van der Waals surface area contributed by atoms with Crippen LogP contribution in [0.2, 0.25) is 0 Å². The Morgan fingerprint density at radius 3 is 2.53 bits per heavy atom. The number of nitrogens with zero attached hydrogens (tertiary/aromatic N) is 1. The maximum Gasteiger partial charge on any atom is 0.321 e. The minimum atomic E-state index is -0.476. The number of carbonyl (C=O) groups excluding carboxylic acids is 2. The molecular formula is C9H17N3O3. The van der Waals surface area contributed by atoms with E-state index in [0.717, 1.165) is 0 Å². The van der Waals surface area contributed by atoms with E-state index in [1.165, 1.54) is 0 Å². The molecule has 1 saturated heterocycles. The summed E-state index contributed by atoms with van der Waals surface area (Å²) < 4.78 is 0. The molecule has 1 aliphatic heterocycles. The predicted octanol–water partition coefficient (Wildman–Crippen LogP) is -1.10. The van der Waals surface area contributed by atoms with E-state index in [1.807, 2.05) is 13.8 Å². The van der Waals surface area contributed by atoms with Gasteiger partial charge in [0.1, 0.15) is 0 Å². The van der Waals surface area contributed by atoms with Crippen LogP contribution in [0.4, 0.5) is 4.79 Å². The summed E-state index contributed by atoms with van der Waals surface area (Å²) in [4.78, 5) is 24.1. The Morgan fingerprint density at radius 1 is 1.47 bits per heavy atom. The van der Waals surface area contributed by atoms with Crippen molar-refractivity contribution in [2.45, 2.75) is 26.0 Å². The first kappa shape index (κ1) is 11.9. The van der Waals surface area contributed by atoms with Gasteiger partial charge in [-0.3, -0.25) is 15.0 Å². The molecule has 1 heterocycles. The smallest absolute Gasteiger partial charge is 0.321 e. The van der Waals surface area contributed by atoms with Crippen molar-refractivity contribution >= 4 is 11.9 Å². The number of likely N-dealkylation sites (tertiary alicyclic amines) is 1.